The van der Waals surface area contributed by atoms with Crippen LogP contribution >= 0.6 is 0 Å². The van der Waals surface area contributed by atoms with E-state index in [1.165, 1.54) is 0 Å². The molecule has 1 aromatic heterocycles. The number of rotatable bonds is 2. The Morgan fingerprint density at radius 3 is 2.43 bits per heavy atom. The van der Waals surface area contributed by atoms with Crippen molar-refractivity contribution >= 4 is 5.97 Å². The number of hydrogen-bond acceptors (Lipinski definition) is 4. The summed E-state index contributed by atoms with van der Waals surface area (Å²) in [6.45, 7) is 7.45. The van der Waals surface area contributed by atoms with Crippen LogP contribution in [0.5, 0.6) is 0 Å². The molecule has 0 atom stereocenters. The fourth-order valence-corrected chi connectivity index (χ4v) is 1.29. The number of aryl methyl sites for hydroxylation is 1. The molecule has 0 N–H and O–H groups in total. The van der Waals surface area contributed by atoms with Gasteiger partial charge in [0.25, 0.3) is 0 Å². The molecule has 1 rings (SSSR count). The average Bonchev–Trinajstić information content (AvgIpc) is 2.45. The normalized spacial score (nSPS) is 11.7. The van der Waals surface area contributed by atoms with Crippen molar-refractivity contribution in [1.82, 2.24) is 5.16 Å². The first-order chi connectivity index (χ1) is 6.38. The molecule has 78 valence electrons. The molecule has 0 aromatic carbocycles. The number of carboxylic acid groups (broad SMARTS) is 1. The predicted molar refractivity (Wildman–Crippen MR) is 48.9 cm³/mol. The number of hydrogen-bond donors (Lipinski definition) is 0. The standard InChI is InChI=1S/C10H15NO3/c1-5-6-7(9(12)13)8(14-11-6)10(2,3)4/h5H2,1-4H3,(H,12,13)/p-1. The minimum absolute atomic E-state index is 0.111. The maximum Gasteiger partial charge on any atom is 0.151 e. The number of nitrogens with zero attached hydrogens (tertiary/aromatic N) is 1. The van der Waals surface area contributed by atoms with Gasteiger partial charge >= 0.3 is 0 Å². The van der Waals surface area contributed by atoms with Crippen LogP contribution in [0.2, 0.25) is 0 Å². The van der Waals surface area contributed by atoms with Crippen molar-refractivity contribution in [1.29, 1.82) is 0 Å². The summed E-state index contributed by atoms with van der Waals surface area (Å²) in [7, 11) is 0. The maximum atomic E-state index is 10.9. The van der Waals surface area contributed by atoms with E-state index in [-0.39, 0.29) is 11.0 Å². The summed E-state index contributed by atoms with van der Waals surface area (Å²) in [6.07, 6.45) is 0.531. The highest BCUT2D eigenvalue weighted by molar-refractivity contribution is 5.88. The van der Waals surface area contributed by atoms with Gasteiger partial charge in [-0.15, -0.1) is 0 Å². The zero-order valence-electron chi connectivity index (χ0n) is 8.88. The van der Waals surface area contributed by atoms with Gasteiger partial charge in [-0.05, 0) is 6.42 Å². The van der Waals surface area contributed by atoms with Gasteiger partial charge in [0.1, 0.15) is 0 Å². The summed E-state index contributed by atoms with van der Waals surface area (Å²) in [5.74, 6) is -0.831. The molecule has 14 heavy (non-hydrogen) atoms. The Kier molecular flexibility index (Phi) is 2.64. The van der Waals surface area contributed by atoms with Crippen LogP contribution in [0.1, 0.15) is 49.5 Å². The Morgan fingerprint density at radius 2 is 2.07 bits per heavy atom. The maximum absolute atomic E-state index is 10.9. The molecule has 4 heteroatoms. The number of aromatic carboxylic acids is 1. The molecule has 0 spiro atoms. The highest BCUT2D eigenvalue weighted by atomic mass is 16.5. The molecule has 0 fully saturated rings. The minimum atomic E-state index is -1.21. The molecule has 1 aromatic rings. The summed E-state index contributed by atoms with van der Waals surface area (Å²) in [5, 5.41) is 14.6. The van der Waals surface area contributed by atoms with E-state index in [1.54, 1.807) is 0 Å². The van der Waals surface area contributed by atoms with Crippen molar-refractivity contribution in [3.05, 3.63) is 17.0 Å². The molecule has 0 aliphatic heterocycles. The van der Waals surface area contributed by atoms with Crippen LogP contribution in [-0.4, -0.2) is 11.1 Å². The zero-order valence-corrected chi connectivity index (χ0v) is 8.88. The summed E-state index contributed by atoms with van der Waals surface area (Å²) in [6, 6.07) is 0. The highest BCUT2D eigenvalue weighted by Gasteiger charge is 2.26. The molecular weight excluding hydrogens is 182 g/mol. The number of carboxylic acids is 1. The largest absolute Gasteiger partial charge is 0.545 e. The van der Waals surface area contributed by atoms with Gasteiger partial charge in [-0.3, -0.25) is 0 Å². The molecule has 4 nitrogen and oxygen atoms in total. The first-order valence-electron chi connectivity index (χ1n) is 4.58. The van der Waals surface area contributed by atoms with E-state index >= 15 is 0 Å². The van der Waals surface area contributed by atoms with Crippen LogP contribution in [0.3, 0.4) is 0 Å². The van der Waals surface area contributed by atoms with Crippen molar-refractivity contribution in [2.75, 3.05) is 0 Å². The molecule has 0 aliphatic rings. The quantitative estimate of drug-likeness (QED) is 0.704. The SMILES string of the molecule is CCc1noc(C(C)(C)C)c1C(=O)[O-]. The fraction of sp³-hybridized carbons (Fsp3) is 0.600. The molecule has 0 saturated carbocycles. The first-order valence-corrected chi connectivity index (χ1v) is 4.58. The van der Waals surface area contributed by atoms with Crippen molar-refractivity contribution in [2.24, 2.45) is 0 Å². The number of carbonyl (C=O) groups is 1. The van der Waals surface area contributed by atoms with E-state index in [0.29, 0.717) is 17.9 Å². The van der Waals surface area contributed by atoms with E-state index in [2.05, 4.69) is 5.16 Å². The van der Waals surface area contributed by atoms with Gasteiger partial charge in [-0.1, -0.05) is 32.9 Å². The van der Waals surface area contributed by atoms with Crippen molar-refractivity contribution < 1.29 is 14.4 Å². The third kappa shape index (κ3) is 1.78. The van der Waals surface area contributed by atoms with Crippen molar-refractivity contribution in [3.8, 4) is 0 Å². The van der Waals surface area contributed by atoms with Crippen LogP contribution in [0.25, 0.3) is 0 Å². The lowest BCUT2D eigenvalue weighted by Gasteiger charge is -2.16. The summed E-state index contributed by atoms with van der Waals surface area (Å²) >= 11 is 0. The predicted octanol–water partition coefficient (Wildman–Crippen LogP) is 0.898. The number of carbonyl (C=O) groups excluding carboxylic acids is 1. The van der Waals surface area contributed by atoms with Gasteiger partial charge in [-0.2, -0.15) is 0 Å². The topological polar surface area (TPSA) is 66.2 Å². The fourth-order valence-electron chi connectivity index (χ4n) is 1.29. The lowest BCUT2D eigenvalue weighted by atomic mass is 9.89. The Hall–Kier alpha value is -1.32. The van der Waals surface area contributed by atoms with Gasteiger partial charge < -0.3 is 14.4 Å². The molecule has 1 heterocycles. The Morgan fingerprint density at radius 1 is 1.50 bits per heavy atom. The van der Waals surface area contributed by atoms with Crippen LogP contribution in [-0.2, 0) is 11.8 Å². The summed E-state index contributed by atoms with van der Waals surface area (Å²) in [4.78, 5) is 10.9. The molecule has 0 unspecified atom stereocenters. The van der Waals surface area contributed by atoms with Gasteiger partial charge in [0.05, 0.1) is 17.2 Å². The molecular formula is C10H14NO3-. The second-order valence-corrected chi connectivity index (χ2v) is 4.22. The Bertz CT molecular complexity index is 347. The molecule has 0 saturated heterocycles. The van der Waals surface area contributed by atoms with E-state index in [0.717, 1.165) is 0 Å². The molecule has 0 amide bonds. The molecule has 0 radical (unpaired) electrons. The van der Waals surface area contributed by atoms with E-state index < -0.39 is 5.97 Å². The third-order valence-corrected chi connectivity index (χ3v) is 1.98. The van der Waals surface area contributed by atoms with Crippen molar-refractivity contribution in [2.45, 2.75) is 39.5 Å². The summed E-state index contributed by atoms with van der Waals surface area (Å²) in [5.41, 5.74) is 0.199. The van der Waals surface area contributed by atoms with Gasteiger partial charge in [0.2, 0.25) is 0 Å². The molecule has 0 aliphatic carbocycles. The monoisotopic (exact) mass is 196 g/mol. The van der Waals surface area contributed by atoms with Crippen LogP contribution in [0.15, 0.2) is 4.52 Å². The van der Waals surface area contributed by atoms with Crippen LogP contribution in [0.4, 0.5) is 0 Å². The lowest BCUT2D eigenvalue weighted by molar-refractivity contribution is -0.255. The summed E-state index contributed by atoms with van der Waals surface area (Å²) < 4.78 is 5.04. The van der Waals surface area contributed by atoms with E-state index in [1.807, 2.05) is 27.7 Å². The van der Waals surface area contributed by atoms with Crippen LogP contribution < -0.4 is 5.11 Å². The van der Waals surface area contributed by atoms with E-state index in [4.69, 9.17) is 4.52 Å². The Labute approximate surface area is 82.9 Å². The highest BCUT2D eigenvalue weighted by Crippen LogP contribution is 2.27. The lowest BCUT2D eigenvalue weighted by Crippen LogP contribution is -2.27. The second-order valence-electron chi connectivity index (χ2n) is 4.22. The minimum Gasteiger partial charge on any atom is -0.545 e. The van der Waals surface area contributed by atoms with Gasteiger partial charge in [0, 0.05) is 5.41 Å². The number of aromatic nitrogens is 1. The average molecular weight is 196 g/mol. The Balaban J connectivity index is 3.32. The van der Waals surface area contributed by atoms with Gasteiger partial charge in [0.15, 0.2) is 5.76 Å². The first kappa shape index (κ1) is 10.8. The third-order valence-electron chi connectivity index (χ3n) is 1.98. The second kappa shape index (κ2) is 3.44. The van der Waals surface area contributed by atoms with Gasteiger partial charge in [-0.25, -0.2) is 0 Å². The smallest absolute Gasteiger partial charge is 0.151 e. The van der Waals surface area contributed by atoms with Crippen molar-refractivity contribution in [3.63, 3.8) is 0 Å². The zero-order chi connectivity index (χ0) is 10.9. The van der Waals surface area contributed by atoms with Crippen LogP contribution in [0, 0.1) is 0 Å². The van der Waals surface area contributed by atoms with E-state index in [9.17, 15) is 9.90 Å². The molecule has 0 bridgehead atoms.